The Morgan fingerprint density at radius 1 is 1.03 bits per heavy atom. The molecule has 8 heteroatoms. The number of pyridine rings is 1. The van der Waals surface area contributed by atoms with E-state index < -0.39 is 0 Å². The molecular formula is C28H29ClN4O3. The lowest BCUT2D eigenvalue weighted by molar-refractivity contribution is 0.0925. The Morgan fingerprint density at radius 2 is 1.78 bits per heavy atom. The maximum absolute atomic E-state index is 13.0. The van der Waals surface area contributed by atoms with E-state index in [4.69, 9.17) is 16.3 Å². The normalized spacial score (nSPS) is 20.6. The van der Waals surface area contributed by atoms with Crippen LogP contribution in [0.1, 0.15) is 52.0 Å². The fourth-order valence-corrected chi connectivity index (χ4v) is 5.65. The van der Waals surface area contributed by atoms with Crippen LogP contribution >= 0.6 is 11.6 Å². The summed E-state index contributed by atoms with van der Waals surface area (Å²) in [6.07, 6.45) is 5.48. The van der Waals surface area contributed by atoms with E-state index >= 15 is 0 Å². The van der Waals surface area contributed by atoms with Gasteiger partial charge >= 0.3 is 0 Å². The van der Waals surface area contributed by atoms with Gasteiger partial charge in [-0.05, 0) is 75.1 Å². The first kappa shape index (κ1) is 24.1. The van der Waals surface area contributed by atoms with Gasteiger partial charge in [-0.15, -0.1) is 0 Å². The van der Waals surface area contributed by atoms with Crippen molar-refractivity contribution in [3.63, 3.8) is 0 Å². The van der Waals surface area contributed by atoms with Crippen LogP contribution in [-0.4, -0.2) is 42.0 Å². The number of piperidine rings is 1. The van der Waals surface area contributed by atoms with Gasteiger partial charge in [0.25, 0.3) is 11.8 Å². The van der Waals surface area contributed by atoms with Gasteiger partial charge in [0.15, 0.2) is 0 Å². The minimum Gasteiger partial charge on any atom is -0.496 e. The number of ether oxygens (including phenoxy) is 1. The number of amides is 2. The quantitative estimate of drug-likeness (QED) is 0.480. The zero-order valence-corrected chi connectivity index (χ0v) is 21.1. The molecule has 2 amide bonds. The first-order chi connectivity index (χ1) is 17.4. The number of anilines is 2. The standard InChI is InChI=1S/C28H29ClN4O3/c1-17-24(7-4-8-25(17)36-2)28(35)32-21-14-22-10-11-23(15-21)33(22)26-12-9-18(16-30-26)27(34)31-20-6-3-5-19(29)13-20/h3-9,12-13,16,21-23H,10-11,14-15H2,1-2H3,(H,31,34)(H,32,35). The molecule has 2 saturated heterocycles. The van der Waals surface area contributed by atoms with E-state index in [1.165, 1.54) is 0 Å². The fourth-order valence-electron chi connectivity index (χ4n) is 5.46. The highest BCUT2D eigenvalue weighted by atomic mass is 35.5. The van der Waals surface area contributed by atoms with Crippen LogP contribution in [0.2, 0.25) is 5.02 Å². The molecule has 2 fully saturated rings. The molecule has 0 spiro atoms. The van der Waals surface area contributed by atoms with E-state index in [0.29, 0.717) is 39.7 Å². The Hall–Kier alpha value is -3.58. The van der Waals surface area contributed by atoms with Crippen LogP contribution in [-0.2, 0) is 0 Å². The van der Waals surface area contributed by atoms with Crippen molar-refractivity contribution in [2.45, 2.75) is 50.7 Å². The van der Waals surface area contributed by atoms with Gasteiger partial charge in [0.05, 0.1) is 12.7 Å². The highest BCUT2D eigenvalue weighted by Gasteiger charge is 2.42. The molecule has 2 aromatic carbocycles. The van der Waals surface area contributed by atoms with Crippen molar-refractivity contribution in [3.05, 3.63) is 82.5 Å². The summed E-state index contributed by atoms with van der Waals surface area (Å²) in [6, 6.07) is 17.0. The number of halogens is 1. The third kappa shape index (κ3) is 4.88. The maximum Gasteiger partial charge on any atom is 0.257 e. The molecule has 1 aromatic heterocycles. The molecule has 36 heavy (non-hydrogen) atoms. The van der Waals surface area contributed by atoms with Gasteiger partial charge in [-0.25, -0.2) is 4.98 Å². The predicted octanol–water partition coefficient (Wildman–Crippen LogP) is 5.23. The minimum atomic E-state index is -0.228. The van der Waals surface area contributed by atoms with Crippen molar-refractivity contribution < 1.29 is 14.3 Å². The number of aromatic nitrogens is 1. The lowest BCUT2D eigenvalue weighted by Gasteiger charge is -2.40. The molecule has 2 N–H and O–H groups in total. The Labute approximate surface area is 215 Å². The molecule has 7 nitrogen and oxygen atoms in total. The van der Waals surface area contributed by atoms with Gasteiger partial charge in [0.2, 0.25) is 0 Å². The van der Waals surface area contributed by atoms with E-state index in [2.05, 4.69) is 20.5 Å². The first-order valence-electron chi connectivity index (χ1n) is 12.2. The van der Waals surface area contributed by atoms with Gasteiger partial charge < -0.3 is 20.3 Å². The molecular weight excluding hydrogens is 476 g/mol. The van der Waals surface area contributed by atoms with Crippen molar-refractivity contribution in [1.82, 2.24) is 10.3 Å². The number of methoxy groups -OCH3 is 1. The third-order valence-electron chi connectivity index (χ3n) is 7.17. The molecule has 2 atom stereocenters. The molecule has 2 aliphatic rings. The van der Waals surface area contributed by atoms with Crippen LogP contribution in [0.15, 0.2) is 60.8 Å². The lowest BCUT2D eigenvalue weighted by atomic mass is 9.96. The average molecular weight is 505 g/mol. The molecule has 2 unspecified atom stereocenters. The zero-order chi connectivity index (χ0) is 25.2. The molecule has 2 aliphatic heterocycles. The van der Waals surface area contributed by atoms with Gasteiger partial charge in [-0.3, -0.25) is 9.59 Å². The van der Waals surface area contributed by atoms with Crippen LogP contribution < -0.4 is 20.3 Å². The molecule has 2 bridgehead atoms. The molecule has 0 saturated carbocycles. The monoisotopic (exact) mass is 504 g/mol. The highest BCUT2D eigenvalue weighted by molar-refractivity contribution is 6.31. The number of benzene rings is 2. The van der Waals surface area contributed by atoms with Crippen LogP contribution in [0.25, 0.3) is 0 Å². The van der Waals surface area contributed by atoms with E-state index in [1.807, 2.05) is 31.2 Å². The summed E-state index contributed by atoms with van der Waals surface area (Å²) >= 11 is 6.01. The van der Waals surface area contributed by atoms with Crippen molar-refractivity contribution in [1.29, 1.82) is 0 Å². The van der Waals surface area contributed by atoms with Gasteiger partial charge in [-0.1, -0.05) is 23.7 Å². The summed E-state index contributed by atoms with van der Waals surface area (Å²) in [5.74, 6) is 1.30. The minimum absolute atomic E-state index is 0.0579. The van der Waals surface area contributed by atoms with E-state index in [-0.39, 0.29) is 17.9 Å². The molecule has 5 rings (SSSR count). The Morgan fingerprint density at radius 3 is 2.44 bits per heavy atom. The van der Waals surface area contributed by atoms with Crippen molar-refractivity contribution in [2.75, 3.05) is 17.3 Å². The lowest BCUT2D eigenvalue weighted by Crippen LogP contribution is -2.50. The fraction of sp³-hybridized carbons (Fsp3) is 0.321. The number of fused-ring (bicyclic) bond motifs is 2. The number of carbonyl (C=O) groups excluding carboxylic acids is 2. The Bertz CT molecular complexity index is 1270. The summed E-state index contributed by atoms with van der Waals surface area (Å²) in [5, 5.41) is 6.66. The maximum atomic E-state index is 13.0. The largest absolute Gasteiger partial charge is 0.496 e. The molecule has 0 radical (unpaired) electrons. The second-order valence-corrected chi connectivity index (χ2v) is 9.87. The predicted molar refractivity (Wildman–Crippen MR) is 141 cm³/mol. The Balaban J connectivity index is 1.23. The summed E-state index contributed by atoms with van der Waals surface area (Å²) in [7, 11) is 1.61. The van der Waals surface area contributed by atoms with Gasteiger partial charge in [0, 0.05) is 46.2 Å². The van der Waals surface area contributed by atoms with Crippen LogP contribution in [0.5, 0.6) is 5.75 Å². The molecule has 3 heterocycles. The summed E-state index contributed by atoms with van der Waals surface area (Å²) < 4.78 is 5.37. The Kier molecular flexibility index (Phi) is 6.83. The number of hydrogen-bond donors (Lipinski definition) is 2. The third-order valence-corrected chi connectivity index (χ3v) is 7.41. The number of hydrogen-bond acceptors (Lipinski definition) is 5. The van der Waals surface area contributed by atoms with Crippen LogP contribution in [0.4, 0.5) is 11.5 Å². The molecule has 3 aromatic rings. The van der Waals surface area contributed by atoms with Crippen molar-refractivity contribution in [2.24, 2.45) is 0 Å². The molecule has 0 aliphatic carbocycles. The number of nitrogens with one attached hydrogen (secondary N) is 2. The zero-order valence-electron chi connectivity index (χ0n) is 20.3. The second-order valence-electron chi connectivity index (χ2n) is 9.44. The van der Waals surface area contributed by atoms with Crippen molar-refractivity contribution in [3.8, 4) is 5.75 Å². The second kappa shape index (κ2) is 10.2. The summed E-state index contributed by atoms with van der Waals surface area (Å²) in [4.78, 5) is 32.6. The van der Waals surface area contributed by atoms with E-state index in [9.17, 15) is 9.59 Å². The average Bonchev–Trinajstić information content (AvgIpc) is 3.14. The topological polar surface area (TPSA) is 83.6 Å². The smallest absolute Gasteiger partial charge is 0.257 e. The first-order valence-corrected chi connectivity index (χ1v) is 12.6. The van der Waals surface area contributed by atoms with Crippen molar-refractivity contribution >= 4 is 34.9 Å². The van der Waals surface area contributed by atoms with Crippen LogP contribution in [0.3, 0.4) is 0 Å². The summed E-state index contributed by atoms with van der Waals surface area (Å²) in [5.41, 5.74) is 2.63. The number of nitrogens with zero attached hydrogens (tertiary/aromatic N) is 2. The van der Waals surface area contributed by atoms with Crippen LogP contribution in [0, 0.1) is 6.92 Å². The highest BCUT2D eigenvalue weighted by Crippen LogP contribution is 2.38. The van der Waals surface area contributed by atoms with Gasteiger partial charge in [0.1, 0.15) is 11.6 Å². The summed E-state index contributed by atoms with van der Waals surface area (Å²) in [6.45, 7) is 1.91. The SMILES string of the molecule is COc1cccc(C(=O)NC2CC3CCC(C2)N3c2ccc(C(=O)Nc3cccc(Cl)c3)cn2)c1C. The van der Waals surface area contributed by atoms with Gasteiger partial charge in [-0.2, -0.15) is 0 Å². The number of carbonyl (C=O) groups is 2. The molecule has 186 valence electrons. The number of rotatable bonds is 6. The van der Waals surface area contributed by atoms with E-state index in [1.54, 1.807) is 43.6 Å². The van der Waals surface area contributed by atoms with E-state index in [0.717, 1.165) is 37.1 Å².